The Kier molecular flexibility index (Phi) is 5.76. The lowest BCUT2D eigenvalue weighted by Crippen LogP contribution is -2.46. The number of hydrogen-bond acceptors (Lipinski definition) is 5. The Bertz CT molecular complexity index is 450. The number of rotatable bonds is 6. The average Bonchev–Trinajstić information content (AvgIpc) is 2.95. The number of nitrogens with zero attached hydrogens (tertiary/aromatic N) is 4. The number of hydrogen-bond donors (Lipinski definition) is 0. The van der Waals surface area contributed by atoms with Gasteiger partial charge in [0.25, 0.3) is 0 Å². The monoisotopic (exact) mass is 294 g/mol. The zero-order valence-electron chi connectivity index (χ0n) is 13.3. The van der Waals surface area contributed by atoms with Crippen molar-refractivity contribution in [2.75, 3.05) is 39.8 Å². The van der Waals surface area contributed by atoms with Crippen LogP contribution in [-0.2, 0) is 16.1 Å². The van der Waals surface area contributed by atoms with Crippen molar-refractivity contribution in [1.29, 1.82) is 0 Å². The summed E-state index contributed by atoms with van der Waals surface area (Å²) >= 11 is 0. The Balaban J connectivity index is 1.72. The molecule has 2 rings (SSSR count). The second-order valence-corrected chi connectivity index (χ2v) is 5.82. The molecule has 6 nitrogen and oxygen atoms in total. The summed E-state index contributed by atoms with van der Waals surface area (Å²) < 4.78 is 6.68. The van der Waals surface area contributed by atoms with Gasteiger partial charge in [-0.15, -0.1) is 0 Å². The van der Waals surface area contributed by atoms with Crippen LogP contribution in [0.15, 0.2) is 12.3 Å². The van der Waals surface area contributed by atoms with Crippen molar-refractivity contribution >= 4 is 5.97 Å². The van der Waals surface area contributed by atoms with Crippen molar-refractivity contribution in [3.63, 3.8) is 0 Å². The van der Waals surface area contributed by atoms with Crippen LogP contribution < -0.4 is 0 Å². The van der Waals surface area contributed by atoms with Gasteiger partial charge in [-0.25, -0.2) is 0 Å². The van der Waals surface area contributed by atoms with E-state index in [1.165, 1.54) is 7.11 Å². The topological polar surface area (TPSA) is 50.6 Å². The van der Waals surface area contributed by atoms with Gasteiger partial charge in [-0.05, 0) is 19.9 Å². The SMILES string of the molecule is COC(=O)CCN1CCN(Cc2ccn(C(C)C)n2)CC1. The standard InChI is InChI=1S/C15H26N4O2/c1-13(2)19-7-4-14(16-19)12-18-10-8-17(9-11-18)6-5-15(20)21-3/h4,7,13H,5-6,8-12H2,1-3H3. The highest BCUT2D eigenvalue weighted by molar-refractivity contribution is 5.69. The fourth-order valence-corrected chi connectivity index (χ4v) is 2.50. The van der Waals surface area contributed by atoms with Gasteiger partial charge in [0, 0.05) is 51.5 Å². The summed E-state index contributed by atoms with van der Waals surface area (Å²) in [4.78, 5) is 15.9. The van der Waals surface area contributed by atoms with Gasteiger partial charge < -0.3 is 9.64 Å². The maximum Gasteiger partial charge on any atom is 0.306 e. The lowest BCUT2D eigenvalue weighted by Gasteiger charge is -2.34. The molecule has 0 spiro atoms. The molecule has 1 saturated heterocycles. The Labute approximate surface area is 126 Å². The van der Waals surface area contributed by atoms with Crippen LogP contribution in [0.3, 0.4) is 0 Å². The quantitative estimate of drug-likeness (QED) is 0.737. The van der Waals surface area contributed by atoms with E-state index in [4.69, 9.17) is 0 Å². The van der Waals surface area contributed by atoms with Crippen molar-refractivity contribution in [1.82, 2.24) is 19.6 Å². The molecule has 0 saturated carbocycles. The first-order chi connectivity index (χ1) is 10.1. The largest absolute Gasteiger partial charge is 0.469 e. The molecule has 0 atom stereocenters. The molecule has 2 heterocycles. The van der Waals surface area contributed by atoms with Crippen LogP contribution in [0.1, 0.15) is 32.0 Å². The highest BCUT2D eigenvalue weighted by Crippen LogP contribution is 2.09. The van der Waals surface area contributed by atoms with E-state index in [9.17, 15) is 4.79 Å². The molecular weight excluding hydrogens is 268 g/mol. The zero-order valence-corrected chi connectivity index (χ0v) is 13.3. The van der Waals surface area contributed by atoms with E-state index < -0.39 is 0 Å². The van der Waals surface area contributed by atoms with Crippen molar-refractivity contribution in [3.8, 4) is 0 Å². The lowest BCUT2D eigenvalue weighted by atomic mass is 10.2. The van der Waals surface area contributed by atoms with Gasteiger partial charge >= 0.3 is 5.97 Å². The molecule has 118 valence electrons. The number of methoxy groups -OCH3 is 1. The van der Waals surface area contributed by atoms with E-state index in [-0.39, 0.29) is 5.97 Å². The van der Waals surface area contributed by atoms with Crippen LogP contribution in [0.25, 0.3) is 0 Å². The lowest BCUT2D eigenvalue weighted by molar-refractivity contribution is -0.141. The van der Waals surface area contributed by atoms with Gasteiger partial charge in [-0.3, -0.25) is 14.4 Å². The van der Waals surface area contributed by atoms with Crippen LogP contribution in [0, 0.1) is 0 Å². The van der Waals surface area contributed by atoms with E-state index in [0.717, 1.165) is 45.0 Å². The van der Waals surface area contributed by atoms with Gasteiger partial charge in [0.2, 0.25) is 0 Å². The maximum absolute atomic E-state index is 11.1. The summed E-state index contributed by atoms with van der Waals surface area (Å²) in [6, 6.07) is 2.51. The van der Waals surface area contributed by atoms with E-state index in [1.807, 2.05) is 10.9 Å². The third-order valence-corrected chi connectivity index (χ3v) is 3.90. The second kappa shape index (κ2) is 7.56. The van der Waals surface area contributed by atoms with E-state index in [1.54, 1.807) is 0 Å². The number of carbonyl (C=O) groups excluding carboxylic acids is 1. The van der Waals surface area contributed by atoms with Gasteiger partial charge in [0.05, 0.1) is 19.2 Å². The summed E-state index contributed by atoms with van der Waals surface area (Å²) in [6.07, 6.45) is 2.53. The van der Waals surface area contributed by atoms with Crippen LogP contribution in [0.2, 0.25) is 0 Å². The third-order valence-electron chi connectivity index (χ3n) is 3.90. The molecule has 0 radical (unpaired) electrons. The first-order valence-corrected chi connectivity index (χ1v) is 7.64. The van der Waals surface area contributed by atoms with Gasteiger partial charge in [0.1, 0.15) is 0 Å². The van der Waals surface area contributed by atoms with Gasteiger partial charge in [-0.1, -0.05) is 0 Å². The minimum atomic E-state index is -0.128. The van der Waals surface area contributed by atoms with E-state index >= 15 is 0 Å². The summed E-state index contributed by atoms with van der Waals surface area (Å²) in [7, 11) is 1.44. The summed E-state index contributed by atoms with van der Waals surface area (Å²) in [5.41, 5.74) is 1.13. The van der Waals surface area contributed by atoms with E-state index in [0.29, 0.717) is 12.5 Å². The summed E-state index contributed by atoms with van der Waals surface area (Å²) in [6.45, 7) is 10.0. The number of piperazine rings is 1. The Morgan fingerprint density at radius 2 is 1.95 bits per heavy atom. The smallest absolute Gasteiger partial charge is 0.306 e. The fraction of sp³-hybridized carbons (Fsp3) is 0.733. The molecule has 6 heteroatoms. The Morgan fingerprint density at radius 3 is 2.52 bits per heavy atom. The number of ether oxygens (including phenoxy) is 1. The molecule has 1 aromatic heterocycles. The molecule has 0 N–H and O–H groups in total. The zero-order chi connectivity index (χ0) is 15.2. The minimum Gasteiger partial charge on any atom is -0.469 e. The fourth-order valence-electron chi connectivity index (χ4n) is 2.50. The van der Waals surface area contributed by atoms with E-state index in [2.05, 4.69) is 39.5 Å². The molecular formula is C15H26N4O2. The molecule has 0 aliphatic carbocycles. The highest BCUT2D eigenvalue weighted by atomic mass is 16.5. The maximum atomic E-state index is 11.1. The second-order valence-electron chi connectivity index (χ2n) is 5.82. The number of carbonyl (C=O) groups is 1. The van der Waals surface area contributed by atoms with Crippen molar-refractivity contribution in [3.05, 3.63) is 18.0 Å². The summed E-state index contributed by atoms with van der Waals surface area (Å²) in [5, 5.41) is 4.59. The normalized spacial score (nSPS) is 17.3. The predicted molar refractivity (Wildman–Crippen MR) is 81.0 cm³/mol. The van der Waals surface area contributed by atoms with Crippen LogP contribution in [-0.4, -0.2) is 65.4 Å². The van der Waals surface area contributed by atoms with Gasteiger partial charge in [-0.2, -0.15) is 5.10 Å². The minimum absolute atomic E-state index is 0.128. The highest BCUT2D eigenvalue weighted by Gasteiger charge is 2.18. The van der Waals surface area contributed by atoms with Crippen LogP contribution in [0.4, 0.5) is 0 Å². The van der Waals surface area contributed by atoms with Crippen LogP contribution in [0.5, 0.6) is 0 Å². The molecule has 0 aromatic carbocycles. The Hall–Kier alpha value is -1.40. The predicted octanol–water partition coefficient (Wildman–Crippen LogP) is 1.14. The van der Waals surface area contributed by atoms with Crippen molar-refractivity contribution < 1.29 is 9.53 Å². The first-order valence-electron chi connectivity index (χ1n) is 7.64. The average molecular weight is 294 g/mol. The molecule has 0 bridgehead atoms. The Morgan fingerprint density at radius 1 is 1.29 bits per heavy atom. The van der Waals surface area contributed by atoms with Crippen molar-refractivity contribution in [2.45, 2.75) is 32.9 Å². The molecule has 1 aromatic rings. The molecule has 1 aliphatic rings. The van der Waals surface area contributed by atoms with Crippen molar-refractivity contribution in [2.24, 2.45) is 0 Å². The summed E-state index contributed by atoms with van der Waals surface area (Å²) in [5.74, 6) is -0.128. The number of aromatic nitrogens is 2. The molecule has 1 fully saturated rings. The molecule has 0 unspecified atom stereocenters. The molecule has 0 amide bonds. The van der Waals surface area contributed by atoms with Gasteiger partial charge in [0.15, 0.2) is 0 Å². The molecule has 21 heavy (non-hydrogen) atoms. The van der Waals surface area contributed by atoms with Crippen LogP contribution >= 0.6 is 0 Å². The number of esters is 1. The third kappa shape index (κ3) is 4.82. The first kappa shape index (κ1) is 16.0. The molecule has 1 aliphatic heterocycles.